The summed E-state index contributed by atoms with van der Waals surface area (Å²) in [5.41, 5.74) is 0. The quantitative estimate of drug-likeness (QED) is 0.478. The van der Waals surface area contributed by atoms with E-state index in [1.165, 1.54) is 43.6 Å². The molecule has 2 heteroatoms. The fraction of sp³-hybridized carbons (Fsp3) is 1.00. The summed E-state index contributed by atoms with van der Waals surface area (Å²) in [4.78, 5) is 0. The van der Waals surface area contributed by atoms with Crippen molar-refractivity contribution in [2.45, 2.75) is 39.0 Å². The van der Waals surface area contributed by atoms with Crippen LogP contribution in [0.1, 0.15) is 39.0 Å². The first kappa shape index (κ1) is 11.7. The van der Waals surface area contributed by atoms with Gasteiger partial charge in [-0.2, -0.15) is 11.8 Å². The lowest BCUT2D eigenvalue weighted by Crippen LogP contribution is -2.14. The molecule has 1 rings (SSSR count). The van der Waals surface area contributed by atoms with Gasteiger partial charge >= 0.3 is 0 Å². The van der Waals surface area contributed by atoms with Gasteiger partial charge in [0.1, 0.15) is 0 Å². The summed E-state index contributed by atoms with van der Waals surface area (Å²) in [6.45, 7) is 2.23. The molecular weight excluding hydrogens is 200 g/mol. The van der Waals surface area contributed by atoms with Crippen LogP contribution in [0.2, 0.25) is 0 Å². The van der Waals surface area contributed by atoms with E-state index >= 15 is 0 Å². The number of thioether (sulfide) groups is 1. The molecule has 1 unspecified atom stereocenters. The van der Waals surface area contributed by atoms with Gasteiger partial charge in [0.25, 0.3) is 0 Å². The molecule has 13 heavy (non-hydrogen) atoms. The molecule has 0 bridgehead atoms. The van der Waals surface area contributed by atoms with Gasteiger partial charge in [0.15, 0.2) is 0 Å². The Kier molecular flexibility index (Phi) is 6.31. The van der Waals surface area contributed by atoms with Crippen LogP contribution in [-0.2, 0) is 0 Å². The van der Waals surface area contributed by atoms with Crippen LogP contribution < -0.4 is 0 Å². The first-order valence-corrected chi connectivity index (χ1v) is 7.21. The molecule has 0 saturated heterocycles. The van der Waals surface area contributed by atoms with Crippen molar-refractivity contribution in [1.29, 1.82) is 0 Å². The normalized spacial score (nSPS) is 20.8. The molecule has 1 aliphatic carbocycles. The van der Waals surface area contributed by atoms with E-state index in [4.69, 9.17) is 11.6 Å². The Morgan fingerprint density at radius 3 is 2.62 bits per heavy atom. The van der Waals surface area contributed by atoms with Crippen molar-refractivity contribution in [2.75, 3.05) is 17.4 Å². The average Bonchev–Trinajstić information content (AvgIpc) is 2.65. The highest BCUT2D eigenvalue weighted by Gasteiger charge is 2.23. The van der Waals surface area contributed by atoms with E-state index in [2.05, 4.69) is 18.7 Å². The zero-order valence-corrected chi connectivity index (χ0v) is 10.2. The van der Waals surface area contributed by atoms with Crippen LogP contribution in [0.15, 0.2) is 0 Å². The highest BCUT2D eigenvalue weighted by atomic mass is 35.5. The van der Waals surface area contributed by atoms with Crippen LogP contribution in [0.25, 0.3) is 0 Å². The number of hydrogen-bond donors (Lipinski definition) is 0. The van der Waals surface area contributed by atoms with Gasteiger partial charge in [0.2, 0.25) is 0 Å². The zero-order valence-electron chi connectivity index (χ0n) is 8.60. The Balaban J connectivity index is 2.16. The van der Waals surface area contributed by atoms with E-state index in [0.29, 0.717) is 0 Å². The Labute approximate surface area is 91.8 Å². The van der Waals surface area contributed by atoms with Gasteiger partial charge in [-0.15, -0.1) is 11.6 Å². The summed E-state index contributed by atoms with van der Waals surface area (Å²) in [5, 5.41) is 0. The van der Waals surface area contributed by atoms with Crippen molar-refractivity contribution >= 4 is 23.4 Å². The van der Waals surface area contributed by atoms with E-state index in [-0.39, 0.29) is 0 Å². The molecule has 0 spiro atoms. The predicted molar refractivity (Wildman–Crippen MR) is 63.8 cm³/mol. The van der Waals surface area contributed by atoms with Crippen LogP contribution in [-0.4, -0.2) is 17.4 Å². The molecular formula is C11H21ClS. The van der Waals surface area contributed by atoms with Gasteiger partial charge in [-0.3, -0.25) is 0 Å². The number of hydrogen-bond acceptors (Lipinski definition) is 1. The van der Waals surface area contributed by atoms with Crippen molar-refractivity contribution < 1.29 is 0 Å². The second-order valence-electron chi connectivity index (χ2n) is 3.94. The monoisotopic (exact) mass is 220 g/mol. The molecule has 78 valence electrons. The summed E-state index contributed by atoms with van der Waals surface area (Å²) >= 11 is 8.07. The van der Waals surface area contributed by atoms with E-state index in [0.717, 1.165) is 17.7 Å². The second-order valence-corrected chi connectivity index (χ2v) is 5.65. The van der Waals surface area contributed by atoms with E-state index in [9.17, 15) is 0 Å². The minimum atomic E-state index is 0.809. The lowest BCUT2D eigenvalue weighted by atomic mass is 9.90. The molecule has 0 amide bonds. The maximum absolute atomic E-state index is 6.02. The molecule has 0 radical (unpaired) electrons. The van der Waals surface area contributed by atoms with Crippen molar-refractivity contribution in [2.24, 2.45) is 11.8 Å². The molecule has 1 aliphatic rings. The summed E-state index contributed by atoms with van der Waals surface area (Å²) in [6, 6.07) is 0. The Bertz CT molecular complexity index is 121. The maximum atomic E-state index is 6.02. The van der Waals surface area contributed by atoms with Gasteiger partial charge in [0.05, 0.1) is 0 Å². The van der Waals surface area contributed by atoms with Crippen LogP contribution in [0, 0.1) is 11.8 Å². The third-order valence-corrected chi connectivity index (χ3v) is 4.43. The fourth-order valence-corrected chi connectivity index (χ4v) is 3.41. The zero-order chi connectivity index (χ0) is 9.52. The lowest BCUT2D eigenvalue weighted by molar-refractivity contribution is 0.364. The topological polar surface area (TPSA) is 0 Å². The molecule has 0 N–H and O–H groups in total. The average molecular weight is 221 g/mol. The molecule has 1 atom stereocenters. The molecule has 0 aliphatic heterocycles. The Morgan fingerprint density at radius 1 is 1.38 bits per heavy atom. The van der Waals surface area contributed by atoms with Crippen molar-refractivity contribution in [3.8, 4) is 0 Å². The van der Waals surface area contributed by atoms with E-state index in [1.807, 2.05) is 0 Å². The van der Waals surface area contributed by atoms with Gasteiger partial charge < -0.3 is 0 Å². The first-order chi connectivity index (χ1) is 6.38. The maximum Gasteiger partial charge on any atom is 0.0254 e. The van der Waals surface area contributed by atoms with Crippen LogP contribution in [0.3, 0.4) is 0 Å². The largest absolute Gasteiger partial charge is 0.162 e. The predicted octanol–water partition coefficient (Wildman–Crippen LogP) is 4.17. The molecule has 0 nitrogen and oxygen atoms in total. The Hall–Kier alpha value is 0.640. The molecule has 0 aromatic carbocycles. The highest BCUT2D eigenvalue weighted by molar-refractivity contribution is 7.99. The SMILES string of the molecule is CCSCCC(CCl)C1CCCC1. The summed E-state index contributed by atoms with van der Waals surface area (Å²) in [5.74, 6) is 5.21. The van der Waals surface area contributed by atoms with Gasteiger partial charge in [-0.05, 0) is 29.8 Å². The summed E-state index contributed by atoms with van der Waals surface area (Å²) in [6.07, 6.45) is 7.10. The lowest BCUT2D eigenvalue weighted by Gasteiger charge is -2.20. The van der Waals surface area contributed by atoms with Crippen molar-refractivity contribution in [1.82, 2.24) is 0 Å². The third-order valence-electron chi connectivity index (χ3n) is 3.10. The molecule has 1 saturated carbocycles. The number of rotatable bonds is 6. The molecule has 0 aromatic rings. The van der Waals surface area contributed by atoms with Gasteiger partial charge in [0, 0.05) is 5.88 Å². The summed E-state index contributed by atoms with van der Waals surface area (Å²) in [7, 11) is 0. The van der Waals surface area contributed by atoms with Crippen molar-refractivity contribution in [3.05, 3.63) is 0 Å². The minimum absolute atomic E-state index is 0.809. The first-order valence-electron chi connectivity index (χ1n) is 5.52. The van der Waals surface area contributed by atoms with E-state index in [1.54, 1.807) is 0 Å². The third kappa shape index (κ3) is 4.12. The van der Waals surface area contributed by atoms with Gasteiger partial charge in [-0.1, -0.05) is 32.6 Å². The summed E-state index contributed by atoms with van der Waals surface area (Å²) < 4.78 is 0. The highest BCUT2D eigenvalue weighted by Crippen LogP contribution is 2.34. The van der Waals surface area contributed by atoms with Crippen LogP contribution in [0.4, 0.5) is 0 Å². The minimum Gasteiger partial charge on any atom is -0.162 e. The fourth-order valence-electron chi connectivity index (χ4n) is 2.25. The molecule has 1 fully saturated rings. The van der Waals surface area contributed by atoms with E-state index < -0.39 is 0 Å². The van der Waals surface area contributed by atoms with Crippen LogP contribution in [0.5, 0.6) is 0 Å². The van der Waals surface area contributed by atoms with Crippen molar-refractivity contribution in [3.63, 3.8) is 0 Å². The second kappa shape index (κ2) is 7.00. The number of halogens is 1. The van der Waals surface area contributed by atoms with Crippen LogP contribution >= 0.6 is 23.4 Å². The molecule has 0 heterocycles. The Morgan fingerprint density at radius 2 is 2.08 bits per heavy atom. The standard InChI is InChI=1S/C11H21ClS/c1-2-13-8-7-11(9-12)10-5-3-4-6-10/h10-11H,2-9H2,1H3. The number of alkyl halides is 1. The van der Waals surface area contributed by atoms with Gasteiger partial charge in [-0.25, -0.2) is 0 Å². The smallest absolute Gasteiger partial charge is 0.0254 e. The molecule has 0 aromatic heterocycles.